The molecular weight excluding hydrogens is 381 g/mol. The Balaban J connectivity index is 1.28. The molecule has 0 amide bonds. The molecule has 30 heavy (non-hydrogen) atoms. The zero-order valence-electron chi connectivity index (χ0n) is 17.4. The van der Waals surface area contributed by atoms with Crippen molar-refractivity contribution in [3.8, 4) is 5.75 Å². The van der Waals surface area contributed by atoms with E-state index in [1.54, 1.807) is 13.1 Å². The summed E-state index contributed by atoms with van der Waals surface area (Å²) in [5.74, 6) is 2.18. The van der Waals surface area contributed by atoms with Gasteiger partial charge in [0.15, 0.2) is 17.5 Å². The van der Waals surface area contributed by atoms with E-state index in [4.69, 9.17) is 4.74 Å². The maximum Gasteiger partial charge on any atom is 0.191 e. The molecule has 1 aromatic heterocycles. The number of halogens is 1. The molecule has 1 unspecified atom stereocenters. The van der Waals surface area contributed by atoms with Crippen LogP contribution in [0, 0.1) is 11.7 Å². The topological polar surface area (TPSA) is 74.3 Å². The first-order chi connectivity index (χ1) is 14.6. The molecule has 0 spiro atoms. The van der Waals surface area contributed by atoms with Crippen LogP contribution in [0.2, 0.25) is 0 Å². The first-order valence-electron chi connectivity index (χ1n) is 10.5. The van der Waals surface area contributed by atoms with Gasteiger partial charge < -0.3 is 20.4 Å². The average Bonchev–Trinajstić information content (AvgIpc) is 3.49. The van der Waals surface area contributed by atoms with Crippen molar-refractivity contribution in [3.05, 3.63) is 59.7 Å². The molecule has 3 aromatic rings. The highest BCUT2D eigenvalue weighted by molar-refractivity contribution is 5.80. The third kappa shape index (κ3) is 5.09. The minimum atomic E-state index is -0.324. The fourth-order valence-corrected chi connectivity index (χ4v) is 3.30. The first kappa shape index (κ1) is 20.2. The van der Waals surface area contributed by atoms with Gasteiger partial charge in [-0.25, -0.2) is 9.37 Å². The van der Waals surface area contributed by atoms with Crippen LogP contribution in [0.25, 0.3) is 11.0 Å². The summed E-state index contributed by atoms with van der Waals surface area (Å²) in [6.07, 6.45) is 3.11. The standard InChI is InChI=1S/C23H28FN5O/c1-15(17-9-10-21(18(24)13-17)30-14-16-7-8-16)27-23(25-2)26-12-11-22-28-19-5-3-4-6-20(19)29-22/h3-6,9-10,13,15-16H,7-8,11-12,14H2,1-2H3,(H,28,29)(H2,25,26,27). The lowest BCUT2D eigenvalue weighted by Crippen LogP contribution is -2.39. The van der Waals surface area contributed by atoms with Crippen LogP contribution >= 0.6 is 0 Å². The largest absolute Gasteiger partial charge is 0.490 e. The van der Waals surface area contributed by atoms with Gasteiger partial charge in [0.05, 0.1) is 23.7 Å². The predicted molar refractivity (Wildman–Crippen MR) is 117 cm³/mol. The van der Waals surface area contributed by atoms with Crippen molar-refractivity contribution < 1.29 is 9.13 Å². The van der Waals surface area contributed by atoms with Crippen molar-refractivity contribution in [3.63, 3.8) is 0 Å². The Morgan fingerprint density at radius 2 is 2.13 bits per heavy atom. The number of guanidine groups is 1. The van der Waals surface area contributed by atoms with Crippen LogP contribution in [0.15, 0.2) is 47.5 Å². The zero-order chi connectivity index (χ0) is 20.9. The van der Waals surface area contributed by atoms with Crippen molar-refractivity contribution in [1.82, 2.24) is 20.6 Å². The van der Waals surface area contributed by atoms with E-state index >= 15 is 0 Å². The summed E-state index contributed by atoms with van der Waals surface area (Å²) < 4.78 is 19.9. The van der Waals surface area contributed by atoms with Gasteiger partial charge in [0.25, 0.3) is 0 Å². The van der Waals surface area contributed by atoms with Crippen molar-refractivity contribution in [2.45, 2.75) is 32.2 Å². The number of benzene rings is 2. The molecule has 0 aliphatic heterocycles. The third-order valence-electron chi connectivity index (χ3n) is 5.30. The van der Waals surface area contributed by atoms with Gasteiger partial charge in [-0.1, -0.05) is 18.2 Å². The summed E-state index contributed by atoms with van der Waals surface area (Å²) in [6.45, 7) is 3.26. The van der Waals surface area contributed by atoms with Crippen molar-refractivity contribution in [1.29, 1.82) is 0 Å². The highest BCUT2D eigenvalue weighted by Crippen LogP contribution is 2.30. The lowest BCUT2D eigenvalue weighted by molar-refractivity contribution is 0.285. The number of hydrogen-bond donors (Lipinski definition) is 3. The summed E-state index contributed by atoms with van der Waals surface area (Å²) in [5.41, 5.74) is 2.84. The average molecular weight is 410 g/mol. The van der Waals surface area contributed by atoms with Crippen LogP contribution in [0.4, 0.5) is 4.39 Å². The van der Waals surface area contributed by atoms with E-state index in [-0.39, 0.29) is 11.9 Å². The molecule has 1 aliphatic rings. The van der Waals surface area contributed by atoms with Crippen LogP contribution in [0.5, 0.6) is 5.75 Å². The molecule has 3 N–H and O–H groups in total. The summed E-state index contributed by atoms with van der Waals surface area (Å²) in [7, 11) is 1.72. The Labute approximate surface area is 176 Å². The highest BCUT2D eigenvalue weighted by Gasteiger charge is 2.22. The number of rotatable bonds is 8. The molecule has 158 valence electrons. The minimum Gasteiger partial charge on any atom is -0.490 e. The fraction of sp³-hybridized carbons (Fsp3) is 0.391. The monoisotopic (exact) mass is 409 g/mol. The molecular formula is C23H28FN5O. The second-order valence-corrected chi connectivity index (χ2v) is 7.76. The second kappa shape index (κ2) is 9.15. The number of hydrogen-bond acceptors (Lipinski definition) is 3. The van der Waals surface area contributed by atoms with Gasteiger partial charge in [-0.3, -0.25) is 4.99 Å². The first-order valence-corrected chi connectivity index (χ1v) is 10.5. The maximum absolute atomic E-state index is 14.4. The van der Waals surface area contributed by atoms with E-state index in [1.165, 1.54) is 18.9 Å². The highest BCUT2D eigenvalue weighted by atomic mass is 19.1. The molecule has 0 saturated heterocycles. The number of aliphatic imine (C=N–C) groups is 1. The van der Waals surface area contributed by atoms with E-state index in [2.05, 4.69) is 25.6 Å². The number of aromatic amines is 1. The van der Waals surface area contributed by atoms with E-state index in [9.17, 15) is 4.39 Å². The summed E-state index contributed by atoms with van der Waals surface area (Å²) in [4.78, 5) is 12.2. The van der Waals surface area contributed by atoms with Gasteiger partial charge in [0.2, 0.25) is 0 Å². The van der Waals surface area contributed by atoms with Crippen molar-refractivity contribution in [2.24, 2.45) is 10.9 Å². The Morgan fingerprint density at radius 3 is 2.87 bits per heavy atom. The summed E-state index contributed by atoms with van der Waals surface area (Å²) in [5, 5.41) is 6.59. The normalized spacial score (nSPS) is 15.2. The molecule has 2 aromatic carbocycles. The van der Waals surface area contributed by atoms with Crippen LogP contribution in [0.1, 0.15) is 37.2 Å². The van der Waals surface area contributed by atoms with Gasteiger partial charge in [-0.2, -0.15) is 0 Å². The van der Waals surface area contributed by atoms with Gasteiger partial charge in [-0.05, 0) is 55.5 Å². The quantitative estimate of drug-likeness (QED) is 0.389. The molecule has 6 nitrogen and oxygen atoms in total. The van der Waals surface area contributed by atoms with E-state index in [0.717, 1.165) is 28.8 Å². The Morgan fingerprint density at radius 1 is 1.30 bits per heavy atom. The molecule has 0 bridgehead atoms. The fourth-order valence-electron chi connectivity index (χ4n) is 3.30. The number of imidazole rings is 1. The van der Waals surface area contributed by atoms with Crippen LogP contribution in [-0.4, -0.2) is 36.1 Å². The van der Waals surface area contributed by atoms with E-state index in [0.29, 0.717) is 30.8 Å². The summed E-state index contributed by atoms with van der Waals surface area (Å²) in [6, 6.07) is 13.0. The molecule has 1 fully saturated rings. The molecule has 4 rings (SSSR count). The molecule has 1 saturated carbocycles. The van der Waals surface area contributed by atoms with Crippen molar-refractivity contribution in [2.75, 3.05) is 20.2 Å². The number of nitrogens with zero attached hydrogens (tertiary/aromatic N) is 2. The predicted octanol–water partition coefficient (Wildman–Crippen LogP) is 3.96. The Bertz CT molecular complexity index is 994. The molecule has 1 heterocycles. The molecule has 1 atom stereocenters. The number of ether oxygens (including phenoxy) is 1. The lowest BCUT2D eigenvalue weighted by Gasteiger charge is -2.19. The number of nitrogens with one attached hydrogen (secondary N) is 3. The van der Waals surface area contributed by atoms with Gasteiger partial charge in [0.1, 0.15) is 5.82 Å². The number of aromatic nitrogens is 2. The van der Waals surface area contributed by atoms with Gasteiger partial charge in [0, 0.05) is 20.0 Å². The Hall–Kier alpha value is -3.09. The number of fused-ring (bicyclic) bond motifs is 1. The van der Waals surface area contributed by atoms with Crippen LogP contribution in [-0.2, 0) is 6.42 Å². The minimum absolute atomic E-state index is 0.102. The maximum atomic E-state index is 14.4. The van der Waals surface area contributed by atoms with E-state index < -0.39 is 0 Å². The van der Waals surface area contributed by atoms with Crippen LogP contribution in [0.3, 0.4) is 0 Å². The second-order valence-electron chi connectivity index (χ2n) is 7.76. The smallest absolute Gasteiger partial charge is 0.191 e. The molecule has 7 heteroatoms. The Kier molecular flexibility index (Phi) is 6.16. The van der Waals surface area contributed by atoms with Crippen LogP contribution < -0.4 is 15.4 Å². The lowest BCUT2D eigenvalue weighted by atomic mass is 10.1. The number of H-pyrrole nitrogens is 1. The zero-order valence-corrected chi connectivity index (χ0v) is 17.4. The van der Waals surface area contributed by atoms with Gasteiger partial charge in [-0.15, -0.1) is 0 Å². The number of para-hydroxylation sites is 2. The van der Waals surface area contributed by atoms with Gasteiger partial charge >= 0.3 is 0 Å². The third-order valence-corrected chi connectivity index (χ3v) is 5.30. The molecule has 0 radical (unpaired) electrons. The summed E-state index contributed by atoms with van der Waals surface area (Å²) >= 11 is 0. The molecule has 1 aliphatic carbocycles. The van der Waals surface area contributed by atoms with Crippen molar-refractivity contribution >= 4 is 17.0 Å². The van der Waals surface area contributed by atoms with E-state index in [1.807, 2.05) is 37.3 Å². The SMILES string of the molecule is CN=C(NCCc1nc2ccccc2[nH]1)NC(C)c1ccc(OCC2CC2)c(F)c1.